The van der Waals surface area contributed by atoms with Gasteiger partial charge in [-0.15, -0.1) is 4.91 Å². The zero-order valence-electron chi connectivity index (χ0n) is 15.6. The van der Waals surface area contributed by atoms with Gasteiger partial charge in [0.2, 0.25) is 15.7 Å². The van der Waals surface area contributed by atoms with Crippen LogP contribution in [0.3, 0.4) is 0 Å². The minimum Gasteiger partial charge on any atom is -0.474 e. The highest BCUT2D eigenvalue weighted by Gasteiger charge is 2.26. The Kier molecular flexibility index (Phi) is 7.49. The molecular formula is C19H23BrN2O4S. The number of benzene rings is 1. The fourth-order valence-corrected chi connectivity index (χ4v) is 4.20. The van der Waals surface area contributed by atoms with Crippen LogP contribution in [0.4, 0.5) is 5.69 Å². The molecule has 0 fully saturated rings. The number of halogens is 1. The molecule has 1 aromatic heterocycles. The van der Waals surface area contributed by atoms with Crippen LogP contribution in [0.25, 0.3) is 0 Å². The SMILES string of the molecule is CCCCCC(C)Oc1nc(C)c(N=O)cc1S(=O)(=O)c1ccc(Br)cc1. The molecule has 27 heavy (non-hydrogen) atoms. The fraction of sp³-hybridized carbons (Fsp3) is 0.421. The largest absolute Gasteiger partial charge is 0.474 e. The fourth-order valence-electron chi connectivity index (χ4n) is 2.60. The Morgan fingerprint density at radius 1 is 1.22 bits per heavy atom. The summed E-state index contributed by atoms with van der Waals surface area (Å²) in [4.78, 5) is 15.2. The van der Waals surface area contributed by atoms with Crippen molar-refractivity contribution in [2.24, 2.45) is 5.18 Å². The van der Waals surface area contributed by atoms with Gasteiger partial charge in [0.1, 0.15) is 10.6 Å². The number of nitroso groups, excluding NO2 is 1. The lowest BCUT2D eigenvalue weighted by Gasteiger charge is -2.17. The van der Waals surface area contributed by atoms with Crippen molar-refractivity contribution < 1.29 is 13.2 Å². The lowest BCUT2D eigenvalue weighted by molar-refractivity contribution is 0.192. The van der Waals surface area contributed by atoms with Crippen LogP contribution in [0.15, 0.2) is 49.8 Å². The standard InChI is InChI=1S/C19H23BrN2O4S/c1-4-5-6-7-13(2)26-19-18(12-17(22-23)14(3)21-19)27(24,25)16-10-8-15(20)9-11-16/h8-13H,4-7H2,1-3H3. The van der Waals surface area contributed by atoms with E-state index in [1.54, 1.807) is 19.1 Å². The number of aryl methyl sites for hydroxylation is 1. The molecule has 0 saturated heterocycles. The van der Waals surface area contributed by atoms with Gasteiger partial charge < -0.3 is 4.74 Å². The van der Waals surface area contributed by atoms with Crippen molar-refractivity contribution in [3.8, 4) is 5.88 Å². The molecule has 0 amide bonds. The van der Waals surface area contributed by atoms with E-state index < -0.39 is 9.84 Å². The maximum atomic E-state index is 13.1. The van der Waals surface area contributed by atoms with E-state index in [9.17, 15) is 13.3 Å². The number of hydrogen-bond acceptors (Lipinski definition) is 6. The molecule has 1 atom stereocenters. The minimum atomic E-state index is -3.91. The number of aromatic nitrogens is 1. The average Bonchev–Trinajstić information content (AvgIpc) is 2.62. The van der Waals surface area contributed by atoms with Crippen LogP contribution in [-0.4, -0.2) is 19.5 Å². The number of pyridine rings is 1. The summed E-state index contributed by atoms with van der Waals surface area (Å²) < 4.78 is 32.8. The van der Waals surface area contributed by atoms with Crippen LogP contribution in [0.1, 0.15) is 45.2 Å². The highest BCUT2D eigenvalue weighted by Crippen LogP contribution is 2.34. The predicted octanol–water partition coefficient (Wildman–Crippen LogP) is 5.73. The molecule has 0 radical (unpaired) electrons. The Morgan fingerprint density at radius 3 is 2.48 bits per heavy atom. The van der Waals surface area contributed by atoms with Crippen molar-refractivity contribution >= 4 is 31.5 Å². The molecular weight excluding hydrogens is 432 g/mol. The minimum absolute atomic E-state index is 0.00631. The molecule has 1 aromatic carbocycles. The van der Waals surface area contributed by atoms with Gasteiger partial charge in [-0.2, -0.15) is 0 Å². The van der Waals surface area contributed by atoms with E-state index in [4.69, 9.17) is 4.74 Å². The average molecular weight is 455 g/mol. The van der Waals surface area contributed by atoms with Crippen LogP contribution in [0.2, 0.25) is 0 Å². The van der Waals surface area contributed by atoms with Crippen molar-refractivity contribution in [2.45, 2.75) is 62.3 Å². The number of unbranched alkanes of at least 4 members (excludes halogenated alkanes) is 2. The maximum absolute atomic E-state index is 13.1. The van der Waals surface area contributed by atoms with Crippen molar-refractivity contribution in [2.75, 3.05) is 0 Å². The summed E-state index contributed by atoms with van der Waals surface area (Å²) in [6.07, 6.45) is 3.75. The van der Waals surface area contributed by atoms with Crippen LogP contribution in [-0.2, 0) is 9.84 Å². The lowest BCUT2D eigenvalue weighted by Crippen LogP contribution is -2.16. The van der Waals surface area contributed by atoms with E-state index in [-0.39, 0.29) is 27.5 Å². The van der Waals surface area contributed by atoms with Gasteiger partial charge in [0.05, 0.1) is 16.7 Å². The molecule has 0 bridgehead atoms. The second kappa shape index (κ2) is 9.41. The van der Waals surface area contributed by atoms with Gasteiger partial charge in [-0.3, -0.25) is 0 Å². The van der Waals surface area contributed by atoms with Gasteiger partial charge in [0.25, 0.3) is 0 Å². The van der Waals surface area contributed by atoms with E-state index in [1.807, 2.05) is 6.92 Å². The molecule has 1 unspecified atom stereocenters. The molecule has 2 rings (SSSR count). The third kappa shape index (κ3) is 5.35. The van der Waals surface area contributed by atoms with Gasteiger partial charge in [-0.25, -0.2) is 13.4 Å². The Morgan fingerprint density at radius 2 is 1.89 bits per heavy atom. The molecule has 0 aliphatic rings. The van der Waals surface area contributed by atoms with E-state index in [1.165, 1.54) is 18.2 Å². The summed E-state index contributed by atoms with van der Waals surface area (Å²) in [7, 11) is -3.91. The molecule has 8 heteroatoms. The Labute approximate surface area is 168 Å². The normalized spacial score (nSPS) is 12.6. The molecule has 0 saturated carbocycles. The zero-order chi connectivity index (χ0) is 20.0. The number of rotatable bonds is 9. The Balaban J connectivity index is 2.46. The number of nitrogens with zero attached hydrogens (tertiary/aromatic N) is 2. The lowest BCUT2D eigenvalue weighted by atomic mass is 10.1. The first-order valence-electron chi connectivity index (χ1n) is 8.82. The quantitative estimate of drug-likeness (QED) is 0.356. The highest BCUT2D eigenvalue weighted by atomic mass is 79.9. The third-order valence-electron chi connectivity index (χ3n) is 4.16. The van der Waals surface area contributed by atoms with Gasteiger partial charge >= 0.3 is 0 Å². The molecule has 0 aliphatic heterocycles. The number of ether oxygens (including phenoxy) is 1. The molecule has 6 nitrogen and oxygen atoms in total. The second-order valence-electron chi connectivity index (χ2n) is 6.37. The number of hydrogen-bond donors (Lipinski definition) is 0. The smallest absolute Gasteiger partial charge is 0.233 e. The summed E-state index contributed by atoms with van der Waals surface area (Å²) in [6, 6.07) is 7.49. The molecule has 0 spiro atoms. The zero-order valence-corrected chi connectivity index (χ0v) is 18.0. The third-order valence-corrected chi connectivity index (χ3v) is 6.45. The van der Waals surface area contributed by atoms with E-state index in [2.05, 4.69) is 33.0 Å². The second-order valence-corrected chi connectivity index (χ2v) is 9.20. The monoisotopic (exact) mass is 454 g/mol. The summed E-state index contributed by atoms with van der Waals surface area (Å²) in [5, 5.41) is 2.89. The summed E-state index contributed by atoms with van der Waals surface area (Å²) in [5.41, 5.74) is 0.312. The van der Waals surface area contributed by atoms with Gasteiger partial charge in [-0.1, -0.05) is 35.7 Å². The van der Waals surface area contributed by atoms with Crippen LogP contribution < -0.4 is 4.74 Å². The molecule has 146 valence electrons. The topological polar surface area (TPSA) is 85.7 Å². The van der Waals surface area contributed by atoms with Gasteiger partial charge in [0.15, 0.2) is 0 Å². The first-order valence-corrected chi connectivity index (χ1v) is 11.1. The van der Waals surface area contributed by atoms with E-state index in [0.717, 1.165) is 30.2 Å². The van der Waals surface area contributed by atoms with Gasteiger partial charge in [-0.05, 0) is 62.2 Å². The molecule has 0 aliphatic carbocycles. The van der Waals surface area contributed by atoms with Crippen molar-refractivity contribution in [1.82, 2.24) is 4.98 Å². The summed E-state index contributed by atoms with van der Waals surface area (Å²) >= 11 is 3.29. The molecule has 1 heterocycles. The first-order chi connectivity index (χ1) is 12.8. The summed E-state index contributed by atoms with van der Waals surface area (Å²) in [6.45, 7) is 5.60. The Hall–Kier alpha value is -1.80. The molecule has 2 aromatic rings. The van der Waals surface area contributed by atoms with Crippen LogP contribution >= 0.6 is 15.9 Å². The Bertz CT molecular complexity index is 899. The first kappa shape index (κ1) is 21.5. The highest BCUT2D eigenvalue weighted by molar-refractivity contribution is 9.10. The van der Waals surface area contributed by atoms with Crippen LogP contribution in [0.5, 0.6) is 5.88 Å². The van der Waals surface area contributed by atoms with Crippen molar-refractivity contribution in [1.29, 1.82) is 0 Å². The number of sulfone groups is 1. The van der Waals surface area contributed by atoms with Crippen molar-refractivity contribution in [3.05, 3.63) is 45.4 Å². The van der Waals surface area contributed by atoms with E-state index >= 15 is 0 Å². The predicted molar refractivity (Wildman–Crippen MR) is 108 cm³/mol. The molecule has 0 N–H and O–H groups in total. The van der Waals surface area contributed by atoms with Crippen molar-refractivity contribution in [3.63, 3.8) is 0 Å². The van der Waals surface area contributed by atoms with E-state index in [0.29, 0.717) is 5.69 Å². The summed E-state index contributed by atoms with van der Waals surface area (Å²) in [5.74, 6) is 0.00631. The van der Waals surface area contributed by atoms with Crippen LogP contribution in [0, 0.1) is 11.8 Å². The maximum Gasteiger partial charge on any atom is 0.233 e. The van der Waals surface area contributed by atoms with Gasteiger partial charge in [0, 0.05) is 4.47 Å².